The first-order valence-corrected chi connectivity index (χ1v) is 5.75. The standard InChI is InChI=1S/C11H22N2O3/c1-13(2)10(7-9(12)11(14)15)8-3-5-16-6-4-8/h8-10H,3-7,12H2,1-2H3,(H,14,15). The lowest BCUT2D eigenvalue weighted by Crippen LogP contribution is -2.44. The van der Waals surface area contributed by atoms with E-state index in [1.54, 1.807) is 0 Å². The molecule has 94 valence electrons. The van der Waals surface area contributed by atoms with Gasteiger partial charge in [-0.2, -0.15) is 0 Å². The van der Waals surface area contributed by atoms with Crippen molar-refractivity contribution in [1.82, 2.24) is 4.90 Å². The predicted octanol–water partition coefficient (Wildman–Crippen LogP) is 0.145. The SMILES string of the molecule is CN(C)C(CC(N)C(=O)O)C1CCOCC1. The first kappa shape index (κ1) is 13.4. The molecule has 2 unspecified atom stereocenters. The highest BCUT2D eigenvalue weighted by Crippen LogP contribution is 2.24. The number of carbonyl (C=O) groups is 1. The van der Waals surface area contributed by atoms with Crippen LogP contribution >= 0.6 is 0 Å². The molecule has 0 spiro atoms. The molecule has 5 nitrogen and oxygen atoms in total. The monoisotopic (exact) mass is 230 g/mol. The number of rotatable bonds is 5. The van der Waals surface area contributed by atoms with Crippen LogP contribution in [0.15, 0.2) is 0 Å². The summed E-state index contributed by atoms with van der Waals surface area (Å²) in [6.45, 7) is 1.55. The van der Waals surface area contributed by atoms with Crippen molar-refractivity contribution < 1.29 is 14.6 Å². The molecular weight excluding hydrogens is 208 g/mol. The molecule has 0 saturated carbocycles. The van der Waals surface area contributed by atoms with Crippen LogP contribution in [0.3, 0.4) is 0 Å². The van der Waals surface area contributed by atoms with E-state index in [1.165, 1.54) is 0 Å². The van der Waals surface area contributed by atoms with Crippen molar-refractivity contribution in [2.24, 2.45) is 11.7 Å². The highest BCUT2D eigenvalue weighted by molar-refractivity contribution is 5.73. The van der Waals surface area contributed by atoms with E-state index in [9.17, 15) is 4.79 Å². The van der Waals surface area contributed by atoms with E-state index in [4.69, 9.17) is 15.6 Å². The minimum atomic E-state index is -0.918. The molecule has 2 atom stereocenters. The molecule has 0 bridgehead atoms. The highest BCUT2D eigenvalue weighted by Gasteiger charge is 2.29. The first-order valence-electron chi connectivity index (χ1n) is 5.75. The average molecular weight is 230 g/mol. The van der Waals surface area contributed by atoms with Crippen molar-refractivity contribution in [3.63, 3.8) is 0 Å². The molecule has 0 aromatic rings. The summed E-state index contributed by atoms with van der Waals surface area (Å²) in [6.07, 6.45) is 2.50. The Balaban J connectivity index is 2.55. The highest BCUT2D eigenvalue weighted by atomic mass is 16.5. The zero-order valence-electron chi connectivity index (χ0n) is 10.1. The fourth-order valence-corrected chi connectivity index (χ4v) is 2.29. The van der Waals surface area contributed by atoms with Gasteiger partial charge in [0.2, 0.25) is 0 Å². The third-order valence-electron chi connectivity index (χ3n) is 3.29. The van der Waals surface area contributed by atoms with Gasteiger partial charge in [0.1, 0.15) is 6.04 Å². The van der Waals surface area contributed by atoms with E-state index in [0.29, 0.717) is 12.3 Å². The lowest BCUT2D eigenvalue weighted by atomic mass is 9.87. The van der Waals surface area contributed by atoms with Crippen LogP contribution in [0.1, 0.15) is 19.3 Å². The molecule has 3 N–H and O–H groups in total. The molecule has 16 heavy (non-hydrogen) atoms. The molecule has 1 fully saturated rings. The van der Waals surface area contributed by atoms with Gasteiger partial charge in [0.15, 0.2) is 0 Å². The number of carboxylic acids is 1. The summed E-state index contributed by atoms with van der Waals surface area (Å²) in [5, 5.41) is 8.84. The third kappa shape index (κ3) is 3.73. The second-order valence-corrected chi connectivity index (χ2v) is 4.66. The summed E-state index contributed by atoms with van der Waals surface area (Å²) >= 11 is 0. The van der Waals surface area contributed by atoms with Crippen LogP contribution in [-0.4, -0.2) is 55.4 Å². The smallest absolute Gasteiger partial charge is 0.320 e. The second kappa shape index (κ2) is 6.18. The van der Waals surface area contributed by atoms with Gasteiger partial charge < -0.3 is 20.5 Å². The number of hydrogen-bond donors (Lipinski definition) is 2. The minimum absolute atomic E-state index is 0.231. The zero-order chi connectivity index (χ0) is 12.1. The summed E-state index contributed by atoms with van der Waals surface area (Å²) in [5.74, 6) is -0.423. The molecule has 1 aliphatic rings. The van der Waals surface area contributed by atoms with Crippen LogP contribution in [-0.2, 0) is 9.53 Å². The molecule has 1 aliphatic heterocycles. The lowest BCUT2D eigenvalue weighted by molar-refractivity contribution is -0.139. The zero-order valence-corrected chi connectivity index (χ0v) is 10.1. The van der Waals surface area contributed by atoms with Gasteiger partial charge in [-0.25, -0.2) is 0 Å². The van der Waals surface area contributed by atoms with Gasteiger partial charge in [0.25, 0.3) is 0 Å². The fraction of sp³-hybridized carbons (Fsp3) is 0.909. The van der Waals surface area contributed by atoms with E-state index < -0.39 is 12.0 Å². The summed E-state index contributed by atoms with van der Waals surface area (Å²) in [6, 6.07) is -0.537. The molecule has 0 aromatic carbocycles. The number of aliphatic carboxylic acids is 1. The number of nitrogens with zero attached hydrogens (tertiary/aromatic N) is 1. The molecule has 1 heterocycles. The Bertz CT molecular complexity index is 227. The minimum Gasteiger partial charge on any atom is -0.480 e. The van der Waals surface area contributed by atoms with Crippen molar-refractivity contribution in [3.8, 4) is 0 Å². The summed E-state index contributed by atoms with van der Waals surface area (Å²) in [7, 11) is 3.96. The lowest BCUT2D eigenvalue weighted by Gasteiger charge is -2.35. The third-order valence-corrected chi connectivity index (χ3v) is 3.29. The molecule has 0 amide bonds. The summed E-state index contributed by atoms with van der Waals surface area (Å²) in [5.41, 5.74) is 5.60. The van der Waals surface area contributed by atoms with Crippen LogP contribution in [0, 0.1) is 5.92 Å². The number of ether oxygens (including phenoxy) is 1. The quantitative estimate of drug-likeness (QED) is 0.703. The molecule has 0 aromatic heterocycles. The van der Waals surface area contributed by atoms with Crippen LogP contribution in [0.4, 0.5) is 0 Å². The molecule has 5 heteroatoms. The van der Waals surface area contributed by atoms with Gasteiger partial charge in [-0.15, -0.1) is 0 Å². The number of nitrogens with two attached hydrogens (primary N) is 1. The van der Waals surface area contributed by atoms with Gasteiger partial charge >= 0.3 is 5.97 Å². The maximum absolute atomic E-state index is 10.8. The number of hydrogen-bond acceptors (Lipinski definition) is 4. The Morgan fingerprint density at radius 2 is 2.06 bits per heavy atom. The van der Waals surface area contributed by atoms with Gasteiger partial charge in [0, 0.05) is 19.3 Å². The van der Waals surface area contributed by atoms with Crippen molar-refractivity contribution in [2.45, 2.75) is 31.3 Å². The average Bonchev–Trinajstić information content (AvgIpc) is 2.26. The van der Waals surface area contributed by atoms with Crippen LogP contribution < -0.4 is 5.73 Å². The Labute approximate surface area is 96.6 Å². The van der Waals surface area contributed by atoms with E-state index in [0.717, 1.165) is 26.1 Å². The predicted molar refractivity (Wildman–Crippen MR) is 61.2 cm³/mol. The number of carboxylic acid groups (broad SMARTS) is 1. The topological polar surface area (TPSA) is 75.8 Å². The molecular formula is C11H22N2O3. The Morgan fingerprint density at radius 3 is 2.50 bits per heavy atom. The Hall–Kier alpha value is -0.650. The maximum Gasteiger partial charge on any atom is 0.320 e. The van der Waals surface area contributed by atoms with Crippen molar-refractivity contribution in [1.29, 1.82) is 0 Å². The Kier molecular flexibility index (Phi) is 5.18. The van der Waals surface area contributed by atoms with Crippen LogP contribution in [0.25, 0.3) is 0 Å². The van der Waals surface area contributed by atoms with Gasteiger partial charge in [-0.1, -0.05) is 0 Å². The van der Waals surface area contributed by atoms with Crippen molar-refractivity contribution in [2.75, 3.05) is 27.3 Å². The van der Waals surface area contributed by atoms with Gasteiger partial charge in [-0.3, -0.25) is 4.79 Å². The van der Waals surface area contributed by atoms with E-state index in [1.807, 2.05) is 14.1 Å². The van der Waals surface area contributed by atoms with Crippen molar-refractivity contribution >= 4 is 5.97 Å². The van der Waals surface area contributed by atoms with Crippen LogP contribution in [0.2, 0.25) is 0 Å². The first-order chi connectivity index (χ1) is 7.52. The van der Waals surface area contributed by atoms with E-state index in [2.05, 4.69) is 4.90 Å². The van der Waals surface area contributed by atoms with E-state index in [-0.39, 0.29) is 6.04 Å². The normalized spacial score (nSPS) is 22.0. The van der Waals surface area contributed by atoms with E-state index >= 15 is 0 Å². The molecule has 0 radical (unpaired) electrons. The maximum atomic E-state index is 10.8. The molecule has 1 rings (SSSR count). The molecule has 1 saturated heterocycles. The summed E-state index contributed by atoms with van der Waals surface area (Å²) in [4.78, 5) is 12.9. The van der Waals surface area contributed by atoms with Gasteiger partial charge in [0.05, 0.1) is 0 Å². The van der Waals surface area contributed by atoms with Gasteiger partial charge in [-0.05, 0) is 39.3 Å². The second-order valence-electron chi connectivity index (χ2n) is 4.66. The summed E-state index contributed by atoms with van der Waals surface area (Å²) < 4.78 is 5.32. The molecule has 0 aliphatic carbocycles. The van der Waals surface area contributed by atoms with Crippen molar-refractivity contribution in [3.05, 3.63) is 0 Å². The Morgan fingerprint density at radius 1 is 1.50 bits per heavy atom. The largest absolute Gasteiger partial charge is 0.480 e. The fourth-order valence-electron chi connectivity index (χ4n) is 2.29. The van der Waals surface area contributed by atoms with Crippen LogP contribution in [0.5, 0.6) is 0 Å².